The van der Waals surface area contributed by atoms with Crippen LogP contribution in [-0.4, -0.2) is 163 Å². The van der Waals surface area contributed by atoms with E-state index in [4.69, 9.17) is 14.2 Å². The van der Waals surface area contributed by atoms with Crippen molar-refractivity contribution < 1.29 is 72.8 Å². The van der Waals surface area contributed by atoms with E-state index in [1.165, 1.54) is 47.0 Å². The number of unbranched alkanes of at least 4 members (excludes halogenated alkanes) is 1. The van der Waals surface area contributed by atoms with E-state index < -0.39 is 123 Å². The lowest BCUT2D eigenvalue weighted by Gasteiger charge is -2.62. The number of aliphatic hydroxyl groups excluding tert-OH is 4. The number of ketones is 1. The highest BCUT2D eigenvalue weighted by Gasteiger charge is 2.78. The van der Waals surface area contributed by atoms with Crippen molar-refractivity contribution in [2.45, 2.75) is 199 Å². The Morgan fingerprint density at radius 3 is 2.19 bits per heavy atom. The van der Waals surface area contributed by atoms with Crippen LogP contribution in [0.3, 0.4) is 0 Å². The van der Waals surface area contributed by atoms with E-state index in [-0.39, 0.29) is 68.8 Å². The molecule has 5 rings (SSSR count). The summed E-state index contributed by atoms with van der Waals surface area (Å²) in [6.07, 6.45) is -2.88. The number of carbonyl (C=O) groups is 4. The maximum Gasteiger partial charge on any atom is 0.351 e. The number of hydrogen-bond donors (Lipinski definition) is 6. The molecule has 5 aliphatic rings. The molecule has 17 heteroatoms. The van der Waals surface area contributed by atoms with Gasteiger partial charge in [-0.3, -0.25) is 19.3 Å². The zero-order valence-electron chi connectivity index (χ0n) is 43.9. The highest BCUT2D eigenvalue weighted by molar-refractivity contribution is 5.94. The van der Waals surface area contributed by atoms with Crippen LogP contribution in [0, 0.1) is 46.3 Å². The number of allylic oxidation sites excluding steroid dienone is 4. The summed E-state index contributed by atoms with van der Waals surface area (Å²) in [6, 6.07) is -0.699. The maximum atomic E-state index is 17.9. The van der Waals surface area contributed by atoms with Gasteiger partial charge in [0.2, 0.25) is 5.60 Å². The van der Waals surface area contributed by atoms with Crippen LogP contribution in [0.25, 0.3) is 0 Å². The first-order chi connectivity index (χ1) is 32.5. The quantitative estimate of drug-likeness (QED) is 0.104. The van der Waals surface area contributed by atoms with E-state index in [0.717, 1.165) is 12.8 Å². The van der Waals surface area contributed by atoms with Crippen LogP contribution >= 0.6 is 0 Å². The standard InChI is InChI=1S/C53H86F2N2O13/c1-13-15-20-56(21-16-22-57-29-30(3)27-50(10,66)44(62)32(5)43(61)33(6)46(64)69-41(14-2)51(11,67)45(63)34(57)7)23-18-42(60)70-53(47(65)68-12)31(4)24-36-37-26-39(54)38-25-35(58)17-19-48(38,8)52(37,55)40(59)28-49(36,53)9/h17,19,30-34,36-37,40-41,43-45,59,61-63,66-67H,13-16,18,20-29H2,1-12H3/t30-,31-,32+,33-,34-,36?,37?,40+,41-,43+,44-,45-,48+,49+,50-,51-,52+,53+/m1/s1. The zero-order chi connectivity index (χ0) is 52.7. The molecule has 0 radical (unpaired) electrons. The summed E-state index contributed by atoms with van der Waals surface area (Å²) in [5.41, 5.74) is -10.8. The molecule has 0 bridgehead atoms. The van der Waals surface area contributed by atoms with Gasteiger partial charge in [0.1, 0.15) is 23.6 Å². The number of alkyl halides is 1. The van der Waals surface area contributed by atoms with Crippen LogP contribution < -0.4 is 0 Å². The van der Waals surface area contributed by atoms with Crippen molar-refractivity contribution in [2.24, 2.45) is 46.3 Å². The van der Waals surface area contributed by atoms with Gasteiger partial charge in [0, 0.05) is 60.6 Å². The summed E-state index contributed by atoms with van der Waals surface area (Å²) in [4.78, 5) is 58.2. The molecular formula is C53H86F2N2O13. The number of aliphatic hydroxyl groups is 6. The number of cyclic esters (lactones) is 1. The number of fused-ring (bicyclic) bond motifs is 5. The molecule has 15 nitrogen and oxygen atoms in total. The summed E-state index contributed by atoms with van der Waals surface area (Å²) in [5.74, 6) is -8.11. The predicted molar refractivity (Wildman–Crippen MR) is 257 cm³/mol. The highest BCUT2D eigenvalue weighted by atomic mass is 19.1. The third-order valence-corrected chi connectivity index (χ3v) is 18.1. The number of ether oxygens (including phenoxy) is 3. The summed E-state index contributed by atoms with van der Waals surface area (Å²) in [6.45, 7) is 20.4. The van der Waals surface area contributed by atoms with Gasteiger partial charge in [-0.25, -0.2) is 13.6 Å². The minimum atomic E-state index is -2.38. The molecule has 4 aliphatic carbocycles. The first kappa shape index (κ1) is 58.0. The lowest BCUT2D eigenvalue weighted by molar-refractivity contribution is -0.234. The summed E-state index contributed by atoms with van der Waals surface area (Å²) >= 11 is 0. The van der Waals surface area contributed by atoms with Gasteiger partial charge in [-0.15, -0.1) is 0 Å². The molecule has 0 aromatic heterocycles. The summed E-state index contributed by atoms with van der Waals surface area (Å²) < 4.78 is 51.5. The van der Waals surface area contributed by atoms with E-state index in [1.54, 1.807) is 34.6 Å². The number of hydrogen-bond acceptors (Lipinski definition) is 15. The Hall–Kier alpha value is -2.90. The van der Waals surface area contributed by atoms with E-state index in [0.29, 0.717) is 32.6 Å². The minimum absolute atomic E-state index is 0.0284. The molecule has 2 saturated carbocycles. The fourth-order valence-electron chi connectivity index (χ4n) is 13.9. The van der Waals surface area contributed by atoms with Crippen molar-refractivity contribution in [3.05, 3.63) is 23.6 Å². The van der Waals surface area contributed by atoms with Crippen molar-refractivity contribution in [1.82, 2.24) is 9.80 Å². The van der Waals surface area contributed by atoms with Gasteiger partial charge < -0.3 is 49.7 Å². The molecule has 0 aromatic carbocycles. The molecule has 1 heterocycles. The van der Waals surface area contributed by atoms with Crippen molar-refractivity contribution in [2.75, 3.05) is 39.8 Å². The van der Waals surface area contributed by atoms with Gasteiger partial charge in [0.05, 0.1) is 43.4 Å². The number of methoxy groups -OCH3 is 1. The Balaban J connectivity index is 1.35. The Kier molecular flexibility index (Phi) is 18.1. The van der Waals surface area contributed by atoms with Crippen molar-refractivity contribution >= 4 is 23.7 Å². The zero-order valence-corrected chi connectivity index (χ0v) is 43.9. The van der Waals surface area contributed by atoms with E-state index >= 15 is 8.78 Å². The number of esters is 3. The van der Waals surface area contributed by atoms with Crippen molar-refractivity contribution in [1.29, 1.82) is 0 Å². The highest BCUT2D eigenvalue weighted by Crippen LogP contribution is 2.72. The molecule has 1 aliphatic heterocycles. The average molecular weight is 997 g/mol. The molecule has 2 unspecified atom stereocenters. The second-order valence-corrected chi connectivity index (χ2v) is 23.0. The molecule has 18 atom stereocenters. The van der Waals surface area contributed by atoms with E-state index in [2.05, 4.69) is 4.90 Å². The van der Waals surface area contributed by atoms with E-state index in [1.807, 2.05) is 18.7 Å². The van der Waals surface area contributed by atoms with Gasteiger partial charge >= 0.3 is 17.9 Å². The average Bonchev–Trinajstić information content (AvgIpc) is 3.52. The van der Waals surface area contributed by atoms with Gasteiger partial charge in [0.15, 0.2) is 11.5 Å². The minimum Gasteiger partial charge on any atom is -0.466 e. The maximum absolute atomic E-state index is 17.9. The third kappa shape index (κ3) is 10.3. The van der Waals surface area contributed by atoms with Crippen LogP contribution in [-0.2, 0) is 33.4 Å². The molecule has 0 amide bonds. The fourth-order valence-corrected chi connectivity index (χ4v) is 13.9. The van der Waals surface area contributed by atoms with Gasteiger partial charge in [-0.1, -0.05) is 54.0 Å². The van der Waals surface area contributed by atoms with Gasteiger partial charge in [-0.05, 0) is 116 Å². The second kappa shape index (κ2) is 21.9. The Morgan fingerprint density at radius 2 is 1.57 bits per heavy atom. The lowest BCUT2D eigenvalue weighted by Crippen LogP contribution is -2.70. The second-order valence-electron chi connectivity index (χ2n) is 23.0. The molecule has 0 spiro atoms. The normalized spacial score (nSPS) is 44.2. The van der Waals surface area contributed by atoms with Crippen LogP contribution in [0.2, 0.25) is 0 Å². The Bertz CT molecular complexity index is 1970. The van der Waals surface area contributed by atoms with Gasteiger partial charge in [-0.2, -0.15) is 0 Å². The fraction of sp³-hybridized carbons (Fsp3) is 0.849. The first-order valence-corrected chi connectivity index (χ1v) is 25.9. The summed E-state index contributed by atoms with van der Waals surface area (Å²) in [5, 5.41) is 69.7. The number of halogens is 2. The molecule has 70 heavy (non-hydrogen) atoms. The Labute approximate surface area is 414 Å². The van der Waals surface area contributed by atoms with E-state index in [9.17, 15) is 49.8 Å². The molecular weight excluding hydrogens is 911 g/mol. The van der Waals surface area contributed by atoms with Crippen molar-refractivity contribution in [3.63, 3.8) is 0 Å². The predicted octanol–water partition coefficient (Wildman–Crippen LogP) is 5.15. The third-order valence-electron chi connectivity index (χ3n) is 18.1. The van der Waals surface area contributed by atoms with Crippen LogP contribution in [0.1, 0.15) is 140 Å². The van der Waals surface area contributed by atoms with Gasteiger partial charge in [0.25, 0.3) is 0 Å². The SMILES string of the molecule is CCCCN(CCCN1C[C@H](C)C[C@@](C)(O)[C@H](O)[C@@H](C)[C@H](O)[C@@H](C)C(=O)O[C@H](CC)[C@@](C)(O)[C@H](O)[C@H]1C)CCC(=O)O[C@]1(C(=O)OC)[C@H](C)CC2C3CC(F)=C4CC(=O)C=C[C@]4(C)[C@@]3(F)[C@@H](O)C[C@@]21C. The Morgan fingerprint density at radius 1 is 0.929 bits per heavy atom. The monoisotopic (exact) mass is 997 g/mol. The lowest BCUT2D eigenvalue weighted by atomic mass is 9.45. The molecule has 6 N–H and O–H groups in total. The summed E-state index contributed by atoms with van der Waals surface area (Å²) in [7, 11) is 1.19. The molecule has 1 saturated heterocycles. The molecule has 3 fully saturated rings. The van der Waals surface area contributed by atoms with Crippen molar-refractivity contribution in [3.8, 4) is 0 Å². The van der Waals surface area contributed by atoms with Crippen LogP contribution in [0.15, 0.2) is 23.6 Å². The smallest absolute Gasteiger partial charge is 0.351 e. The number of nitrogens with zero attached hydrogens (tertiary/aromatic N) is 2. The first-order valence-electron chi connectivity index (χ1n) is 25.9. The topological polar surface area (TPSA) is 224 Å². The molecule has 0 aromatic rings. The van der Waals surface area contributed by atoms with Crippen LogP contribution in [0.5, 0.6) is 0 Å². The largest absolute Gasteiger partial charge is 0.466 e. The van der Waals surface area contributed by atoms with Crippen LogP contribution in [0.4, 0.5) is 8.78 Å². The molecule has 400 valence electrons. The number of carbonyl (C=O) groups excluding carboxylic acids is 4. The number of rotatable bonds is 13.